The summed E-state index contributed by atoms with van der Waals surface area (Å²) in [5.41, 5.74) is 0.986. The second-order valence-electron chi connectivity index (χ2n) is 5.80. The summed E-state index contributed by atoms with van der Waals surface area (Å²) in [4.78, 5) is 24.6. The Morgan fingerprint density at radius 2 is 2.17 bits per heavy atom. The number of aromatic amines is 1. The van der Waals surface area contributed by atoms with Crippen LogP contribution >= 0.6 is 34.4 Å². The molecular formula is C16H17N3OS3. The molecule has 4 heterocycles. The second-order valence-corrected chi connectivity index (χ2v) is 8.89. The summed E-state index contributed by atoms with van der Waals surface area (Å²) in [6.07, 6.45) is 2.29. The van der Waals surface area contributed by atoms with E-state index in [1.54, 1.807) is 34.4 Å². The molecule has 0 aliphatic carbocycles. The van der Waals surface area contributed by atoms with Gasteiger partial charge in [0.25, 0.3) is 5.56 Å². The number of fused-ring (bicyclic) bond motifs is 1. The van der Waals surface area contributed by atoms with Gasteiger partial charge in [-0.3, -0.25) is 4.79 Å². The first-order chi connectivity index (χ1) is 11.2. The maximum absolute atomic E-state index is 12.6. The maximum Gasteiger partial charge on any atom is 0.260 e. The number of hydrogen-bond donors (Lipinski definition) is 1. The number of aromatic nitrogens is 2. The molecule has 0 radical (unpaired) electrons. The predicted octanol–water partition coefficient (Wildman–Crippen LogP) is 3.90. The number of likely N-dealkylation sites (tertiary alicyclic amines) is 1. The van der Waals surface area contributed by atoms with Gasteiger partial charge in [0.1, 0.15) is 4.83 Å². The lowest BCUT2D eigenvalue weighted by molar-refractivity contribution is 0.282. The molecule has 4 rings (SSSR count). The van der Waals surface area contributed by atoms with Crippen LogP contribution in [0.3, 0.4) is 0 Å². The molecular weight excluding hydrogens is 346 g/mol. The van der Waals surface area contributed by atoms with Crippen molar-refractivity contribution in [3.05, 3.63) is 33.2 Å². The third-order valence-corrected chi connectivity index (χ3v) is 7.15. The van der Waals surface area contributed by atoms with Crippen LogP contribution in [0.25, 0.3) is 20.7 Å². The summed E-state index contributed by atoms with van der Waals surface area (Å²) in [7, 11) is 2.16. The molecule has 0 spiro atoms. The van der Waals surface area contributed by atoms with Crippen LogP contribution in [-0.4, -0.2) is 40.3 Å². The summed E-state index contributed by atoms with van der Waals surface area (Å²) >= 11 is 4.93. The summed E-state index contributed by atoms with van der Waals surface area (Å²) < 4.78 is 0. The van der Waals surface area contributed by atoms with E-state index in [2.05, 4.69) is 16.9 Å². The van der Waals surface area contributed by atoms with Crippen LogP contribution < -0.4 is 5.56 Å². The molecule has 0 aromatic carbocycles. The van der Waals surface area contributed by atoms with Crippen molar-refractivity contribution in [1.29, 1.82) is 0 Å². The highest BCUT2D eigenvalue weighted by Gasteiger charge is 2.20. The molecule has 0 atom stereocenters. The topological polar surface area (TPSA) is 49.0 Å². The Morgan fingerprint density at radius 3 is 2.91 bits per heavy atom. The Hall–Kier alpha value is -1.15. The fraction of sp³-hybridized carbons (Fsp3) is 0.375. The van der Waals surface area contributed by atoms with Gasteiger partial charge in [0.15, 0.2) is 5.16 Å². The van der Waals surface area contributed by atoms with E-state index < -0.39 is 0 Å². The highest BCUT2D eigenvalue weighted by molar-refractivity contribution is 7.99. The second kappa shape index (κ2) is 6.39. The van der Waals surface area contributed by atoms with Crippen molar-refractivity contribution in [3.63, 3.8) is 0 Å². The number of hydrogen-bond acceptors (Lipinski definition) is 6. The van der Waals surface area contributed by atoms with Crippen molar-refractivity contribution < 1.29 is 0 Å². The number of thiophene rings is 2. The van der Waals surface area contributed by atoms with Gasteiger partial charge in [-0.25, -0.2) is 4.98 Å². The minimum atomic E-state index is -0.0184. The number of nitrogens with zero attached hydrogens (tertiary/aromatic N) is 2. The van der Waals surface area contributed by atoms with E-state index in [0.717, 1.165) is 51.7 Å². The van der Waals surface area contributed by atoms with Crippen LogP contribution in [0.2, 0.25) is 0 Å². The zero-order valence-electron chi connectivity index (χ0n) is 12.7. The van der Waals surface area contributed by atoms with Gasteiger partial charge in [0.2, 0.25) is 0 Å². The van der Waals surface area contributed by atoms with Gasteiger partial charge in [-0.1, -0.05) is 17.8 Å². The highest BCUT2D eigenvalue weighted by atomic mass is 32.2. The quantitative estimate of drug-likeness (QED) is 0.717. The molecule has 0 bridgehead atoms. The van der Waals surface area contributed by atoms with Crippen LogP contribution in [0.4, 0.5) is 0 Å². The fourth-order valence-electron chi connectivity index (χ4n) is 2.86. The maximum atomic E-state index is 12.6. The van der Waals surface area contributed by atoms with Gasteiger partial charge in [-0.15, -0.1) is 22.7 Å². The van der Waals surface area contributed by atoms with Gasteiger partial charge in [-0.2, -0.15) is 0 Å². The summed E-state index contributed by atoms with van der Waals surface area (Å²) in [5.74, 6) is 0. The molecule has 4 nitrogen and oxygen atoms in total. The van der Waals surface area contributed by atoms with Crippen LogP contribution in [0.5, 0.6) is 0 Å². The van der Waals surface area contributed by atoms with Gasteiger partial charge >= 0.3 is 0 Å². The molecule has 1 N–H and O–H groups in total. The molecule has 120 valence electrons. The fourth-order valence-corrected chi connectivity index (χ4v) is 5.74. The largest absolute Gasteiger partial charge is 0.306 e. The van der Waals surface area contributed by atoms with Gasteiger partial charge in [0, 0.05) is 21.1 Å². The van der Waals surface area contributed by atoms with Crippen LogP contribution in [-0.2, 0) is 0 Å². The van der Waals surface area contributed by atoms with Crippen molar-refractivity contribution >= 4 is 44.7 Å². The zero-order chi connectivity index (χ0) is 15.8. The number of rotatable bonds is 3. The average Bonchev–Trinajstić information content (AvgIpc) is 3.18. The molecule has 0 unspecified atom stereocenters. The Labute approximate surface area is 146 Å². The molecule has 1 aliphatic rings. The molecule has 1 aliphatic heterocycles. The van der Waals surface area contributed by atoms with E-state index in [9.17, 15) is 4.79 Å². The number of piperidine rings is 1. The van der Waals surface area contributed by atoms with Crippen LogP contribution in [0.15, 0.2) is 32.8 Å². The van der Waals surface area contributed by atoms with E-state index in [1.165, 1.54) is 0 Å². The van der Waals surface area contributed by atoms with Crippen molar-refractivity contribution in [2.45, 2.75) is 23.2 Å². The molecule has 23 heavy (non-hydrogen) atoms. The van der Waals surface area contributed by atoms with Crippen molar-refractivity contribution in [2.24, 2.45) is 0 Å². The van der Waals surface area contributed by atoms with Gasteiger partial charge in [0.05, 0.1) is 5.39 Å². The van der Waals surface area contributed by atoms with E-state index in [1.807, 2.05) is 22.9 Å². The molecule has 3 aromatic heterocycles. The average molecular weight is 364 g/mol. The Balaban J connectivity index is 1.65. The number of thioether (sulfide) groups is 1. The molecule has 0 saturated carbocycles. The predicted molar refractivity (Wildman–Crippen MR) is 99.9 cm³/mol. The molecule has 3 aromatic rings. The van der Waals surface area contributed by atoms with Crippen LogP contribution in [0, 0.1) is 0 Å². The van der Waals surface area contributed by atoms with E-state index in [4.69, 9.17) is 4.98 Å². The summed E-state index contributed by atoms with van der Waals surface area (Å²) in [6, 6.07) is 4.06. The highest BCUT2D eigenvalue weighted by Crippen LogP contribution is 2.35. The molecule has 1 fully saturated rings. The molecule has 0 amide bonds. The van der Waals surface area contributed by atoms with E-state index in [0.29, 0.717) is 5.25 Å². The normalized spacial score (nSPS) is 17.1. The Bertz CT molecular complexity index is 860. The first-order valence-electron chi connectivity index (χ1n) is 7.61. The third-order valence-electron chi connectivity index (χ3n) is 4.15. The minimum absolute atomic E-state index is 0.0184. The first kappa shape index (κ1) is 15.4. The lowest BCUT2D eigenvalue weighted by Crippen LogP contribution is -2.31. The third kappa shape index (κ3) is 3.10. The minimum Gasteiger partial charge on any atom is -0.306 e. The van der Waals surface area contributed by atoms with Gasteiger partial charge in [-0.05, 0) is 44.4 Å². The van der Waals surface area contributed by atoms with Crippen molar-refractivity contribution in [2.75, 3.05) is 20.1 Å². The number of nitrogens with one attached hydrogen (secondary N) is 1. The molecule has 7 heteroatoms. The Kier molecular flexibility index (Phi) is 4.27. The molecule has 1 saturated heterocycles. The Morgan fingerprint density at radius 1 is 1.35 bits per heavy atom. The summed E-state index contributed by atoms with van der Waals surface area (Å²) in [6.45, 7) is 2.23. The lowest BCUT2D eigenvalue weighted by Gasteiger charge is -2.27. The van der Waals surface area contributed by atoms with Crippen molar-refractivity contribution in [3.8, 4) is 10.4 Å². The van der Waals surface area contributed by atoms with E-state index in [-0.39, 0.29) is 5.56 Å². The van der Waals surface area contributed by atoms with Crippen molar-refractivity contribution in [1.82, 2.24) is 14.9 Å². The SMILES string of the molecule is CN1CCC(Sc2nc3scc(-c4cccs4)c3c(=O)[nH]2)CC1. The first-order valence-corrected chi connectivity index (χ1v) is 10.2. The lowest BCUT2D eigenvalue weighted by atomic mass is 10.1. The number of H-pyrrole nitrogens is 1. The standard InChI is InChI=1S/C16H17N3OS3/c1-19-6-4-10(5-7-19)23-16-17-14(20)13-11(9-22-15(13)18-16)12-3-2-8-21-12/h2-3,8-10H,4-7H2,1H3,(H,17,18,20). The van der Waals surface area contributed by atoms with Crippen LogP contribution in [0.1, 0.15) is 12.8 Å². The summed E-state index contributed by atoms with van der Waals surface area (Å²) in [5, 5.41) is 6.11. The monoisotopic (exact) mass is 363 g/mol. The zero-order valence-corrected chi connectivity index (χ0v) is 15.2. The van der Waals surface area contributed by atoms with Gasteiger partial charge < -0.3 is 9.88 Å². The smallest absolute Gasteiger partial charge is 0.260 e. The van der Waals surface area contributed by atoms with E-state index >= 15 is 0 Å².